The van der Waals surface area contributed by atoms with Gasteiger partial charge in [0.25, 0.3) is 5.56 Å². The Morgan fingerprint density at radius 3 is 3.00 bits per heavy atom. The van der Waals surface area contributed by atoms with E-state index in [4.69, 9.17) is 11.6 Å². The van der Waals surface area contributed by atoms with E-state index in [-0.39, 0.29) is 11.4 Å². The average Bonchev–Trinajstić information content (AvgIpc) is 2.82. The number of rotatable bonds is 3. The molecule has 1 aliphatic rings. The van der Waals surface area contributed by atoms with Crippen LogP contribution in [0.2, 0.25) is 0 Å². The van der Waals surface area contributed by atoms with E-state index < -0.39 is 0 Å². The average molecular weight is 295 g/mol. The lowest BCUT2D eigenvalue weighted by atomic mass is 10.3. The van der Waals surface area contributed by atoms with Crippen LogP contribution in [0, 0.1) is 0 Å². The number of nitrogens with one attached hydrogen (secondary N) is 1. The smallest absolute Gasteiger partial charge is 0.286 e. The number of aromatic nitrogens is 4. The topological polar surface area (TPSA) is 68.0 Å². The molecule has 7 nitrogen and oxygen atoms in total. The van der Waals surface area contributed by atoms with Crippen molar-refractivity contribution >= 4 is 17.4 Å². The van der Waals surface area contributed by atoms with Crippen molar-refractivity contribution in [3.8, 4) is 0 Å². The minimum Gasteiger partial charge on any atom is -0.299 e. The van der Waals surface area contributed by atoms with E-state index in [0.29, 0.717) is 11.5 Å². The molecule has 0 saturated heterocycles. The molecule has 2 aromatic rings. The van der Waals surface area contributed by atoms with E-state index in [1.165, 1.54) is 6.07 Å². The number of fused-ring (bicyclic) bond motifs is 1. The molecule has 0 spiro atoms. The highest BCUT2D eigenvalue weighted by Crippen LogP contribution is 2.15. The summed E-state index contributed by atoms with van der Waals surface area (Å²) in [6, 6.07) is 4.97. The van der Waals surface area contributed by atoms with Crippen LogP contribution in [0.1, 0.15) is 11.4 Å². The molecular weight excluding hydrogens is 280 g/mol. The number of hydrogen-bond acceptors (Lipinski definition) is 5. The van der Waals surface area contributed by atoms with Crippen LogP contribution in [0.4, 0.5) is 5.82 Å². The fourth-order valence-corrected chi connectivity index (χ4v) is 2.30. The van der Waals surface area contributed by atoms with Gasteiger partial charge in [-0.1, -0.05) is 0 Å². The Balaban J connectivity index is 1.87. The number of hydrogen-bond donors (Lipinski definition) is 1. The highest BCUT2D eigenvalue weighted by Gasteiger charge is 2.15. The normalized spacial score (nSPS) is 15.1. The van der Waals surface area contributed by atoms with Crippen LogP contribution in [0.25, 0.3) is 0 Å². The van der Waals surface area contributed by atoms with Gasteiger partial charge >= 0.3 is 0 Å². The maximum Gasteiger partial charge on any atom is 0.286 e. The molecule has 0 atom stereocenters. The van der Waals surface area contributed by atoms with Gasteiger partial charge in [-0.25, -0.2) is 0 Å². The molecular formula is C12H15ClN6O. The summed E-state index contributed by atoms with van der Waals surface area (Å²) in [5.74, 6) is 0.864. The third-order valence-corrected chi connectivity index (χ3v) is 3.48. The number of alkyl halides is 1. The summed E-state index contributed by atoms with van der Waals surface area (Å²) in [5, 5.41) is 8.53. The van der Waals surface area contributed by atoms with Crippen LogP contribution < -0.4 is 11.0 Å². The highest BCUT2D eigenvalue weighted by molar-refractivity contribution is 6.16. The minimum absolute atomic E-state index is 0.248. The summed E-state index contributed by atoms with van der Waals surface area (Å²) in [4.78, 5) is 15.1. The van der Waals surface area contributed by atoms with Crippen molar-refractivity contribution in [3.63, 3.8) is 0 Å². The third kappa shape index (κ3) is 2.54. The highest BCUT2D eigenvalue weighted by atomic mass is 35.5. The van der Waals surface area contributed by atoms with Crippen LogP contribution >= 0.6 is 11.6 Å². The molecule has 3 heterocycles. The first-order valence-electron chi connectivity index (χ1n) is 6.33. The molecule has 0 saturated carbocycles. The number of nitrogens with zero attached hydrogens (tertiary/aromatic N) is 5. The number of anilines is 1. The Labute approximate surface area is 120 Å². The first kappa shape index (κ1) is 13.1. The van der Waals surface area contributed by atoms with Gasteiger partial charge in [0.1, 0.15) is 0 Å². The molecule has 3 rings (SSSR count). The second-order valence-electron chi connectivity index (χ2n) is 4.80. The Morgan fingerprint density at radius 1 is 1.35 bits per heavy atom. The summed E-state index contributed by atoms with van der Waals surface area (Å²) < 4.78 is 1.94. The van der Waals surface area contributed by atoms with E-state index >= 15 is 0 Å². The van der Waals surface area contributed by atoms with Crippen LogP contribution in [-0.2, 0) is 19.0 Å². The lowest BCUT2D eigenvalue weighted by molar-refractivity contribution is 0.259. The van der Waals surface area contributed by atoms with Crippen molar-refractivity contribution in [2.24, 2.45) is 0 Å². The van der Waals surface area contributed by atoms with E-state index in [0.717, 1.165) is 30.1 Å². The predicted octanol–water partition coefficient (Wildman–Crippen LogP) is 0.499. The maximum absolute atomic E-state index is 11.7. The molecule has 0 unspecified atom stereocenters. The number of halogens is 1. The molecule has 1 N–H and O–H groups in total. The van der Waals surface area contributed by atoms with Crippen molar-refractivity contribution in [1.29, 1.82) is 0 Å². The Kier molecular flexibility index (Phi) is 3.45. The zero-order valence-electron chi connectivity index (χ0n) is 11.1. The van der Waals surface area contributed by atoms with Crippen LogP contribution in [0.5, 0.6) is 0 Å². The number of likely N-dealkylation sites (N-methyl/N-ethyl adjacent to an activating group) is 1. The van der Waals surface area contributed by atoms with Gasteiger partial charge in [0.2, 0.25) is 0 Å². The lowest BCUT2D eigenvalue weighted by Crippen LogP contribution is -2.30. The van der Waals surface area contributed by atoms with Crippen LogP contribution in [-0.4, -0.2) is 38.2 Å². The molecule has 0 bridgehead atoms. The van der Waals surface area contributed by atoms with Crippen molar-refractivity contribution in [3.05, 3.63) is 39.9 Å². The van der Waals surface area contributed by atoms with Gasteiger partial charge in [-0.15, -0.1) is 16.4 Å². The third-order valence-electron chi connectivity index (χ3n) is 3.20. The van der Waals surface area contributed by atoms with Gasteiger partial charge in [-0.3, -0.25) is 19.8 Å². The first-order chi connectivity index (χ1) is 9.65. The Bertz CT molecular complexity index is 679. The molecule has 2 aromatic heterocycles. The minimum atomic E-state index is -0.248. The van der Waals surface area contributed by atoms with Gasteiger partial charge in [-0.2, -0.15) is 10.2 Å². The zero-order valence-corrected chi connectivity index (χ0v) is 11.8. The molecule has 0 fully saturated rings. The maximum atomic E-state index is 11.7. The SMILES string of the molecule is CN1CCn2nc(Nn3nc(CCl)ccc3=O)cc2C1. The summed E-state index contributed by atoms with van der Waals surface area (Å²) in [6.07, 6.45) is 0. The van der Waals surface area contributed by atoms with E-state index in [2.05, 4.69) is 27.6 Å². The molecule has 1 aliphatic heterocycles. The zero-order chi connectivity index (χ0) is 14.1. The van der Waals surface area contributed by atoms with Crippen molar-refractivity contribution in [1.82, 2.24) is 24.6 Å². The van der Waals surface area contributed by atoms with Crippen LogP contribution in [0.15, 0.2) is 23.0 Å². The summed E-state index contributed by atoms with van der Waals surface area (Å²) in [6.45, 7) is 2.66. The summed E-state index contributed by atoms with van der Waals surface area (Å²) in [7, 11) is 2.07. The second-order valence-corrected chi connectivity index (χ2v) is 5.07. The van der Waals surface area contributed by atoms with Gasteiger partial charge < -0.3 is 0 Å². The Morgan fingerprint density at radius 2 is 2.20 bits per heavy atom. The molecule has 8 heteroatoms. The fraction of sp³-hybridized carbons (Fsp3) is 0.417. The first-order valence-corrected chi connectivity index (χ1v) is 6.86. The van der Waals surface area contributed by atoms with Gasteiger partial charge in [-0.05, 0) is 13.1 Å². The predicted molar refractivity (Wildman–Crippen MR) is 75.6 cm³/mol. The molecule has 20 heavy (non-hydrogen) atoms. The van der Waals surface area contributed by atoms with Gasteiger partial charge in [0.05, 0.1) is 23.8 Å². The van der Waals surface area contributed by atoms with Gasteiger partial charge in [0, 0.05) is 25.2 Å². The monoisotopic (exact) mass is 294 g/mol. The standard InChI is InChI=1S/C12H15ClN6O/c1-17-4-5-18-10(8-17)6-11(15-18)16-19-12(20)3-2-9(7-13)14-19/h2-3,6H,4-5,7-8H2,1H3,(H,15,16). The van der Waals surface area contributed by atoms with E-state index in [9.17, 15) is 4.79 Å². The van der Waals surface area contributed by atoms with E-state index in [1.54, 1.807) is 6.07 Å². The van der Waals surface area contributed by atoms with Crippen molar-refractivity contribution in [2.45, 2.75) is 19.0 Å². The lowest BCUT2D eigenvalue weighted by Gasteiger charge is -2.22. The molecule has 0 radical (unpaired) electrons. The molecule has 0 aromatic carbocycles. The second kappa shape index (κ2) is 5.26. The molecule has 0 amide bonds. The van der Waals surface area contributed by atoms with Crippen molar-refractivity contribution < 1.29 is 0 Å². The fourth-order valence-electron chi connectivity index (χ4n) is 2.16. The quantitative estimate of drug-likeness (QED) is 0.835. The largest absolute Gasteiger partial charge is 0.299 e. The van der Waals surface area contributed by atoms with Gasteiger partial charge in [0.15, 0.2) is 5.82 Å². The summed E-state index contributed by atoms with van der Waals surface area (Å²) in [5.41, 5.74) is 4.40. The van der Waals surface area contributed by atoms with Crippen LogP contribution in [0.3, 0.4) is 0 Å². The Hall–Kier alpha value is -1.86. The summed E-state index contributed by atoms with van der Waals surface area (Å²) >= 11 is 5.72. The van der Waals surface area contributed by atoms with E-state index in [1.807, 2.05) is 10.7 Å². The van der Waals surface area contributed by atoms with Crippen molar-refractivity contribution in [2.75, 3.05) is 19.0 Å². The molecule has 106 valence electrons. The molecule has 0 aliphatic carbocycles.